The van der Waals surface area contributed by atoms with Crippen molar-refractivity contribution in [2.45, 2.75) is 105 Å². The lowest BCUT2D eigenvalue weighted by molar-refractivity contribution is 0.780. The average Bonchev–Trinajstić information content (AvgIpc) is 2.75. The standard InChI is InChI=1S/C28H44N2/c1-5-9-13-21-17-23(15-11-7-3)27(29)25(19-21)26-20-22(14-10-6-2)18-24(28(26)30)16-12-8-4/h17-20H,5-16,29-30H2,1-4H3. The van der Waals surface area contributed by atoms with Gasteiger partial charge in [-0.1, -0.05) is 65.5 Å². The van der Waals surface area contributed by atoms with Crippen LogP contribution in [0.25, 0.3) is 11.1 Å². The van der Waals surface area contributed by atoms with E-state index in [9.17, 15) is 0 Å². The van der Waals surface area contributed by atoms with Crippen molar-refractivity contribution in [3.63, 3.8) is 0 Å². The summed E-state index contributed by atoms with van der Waals surface area (Å²) in [6.07, 6.45) is 13.9. The van der Waals surface area contributed by atoms with E-state index in [1.54, 1.807) is 0 Å². The minimum Gasteiger partial charge on any atom is -0.398 e. The molecule has 0 aromatic heterocycles. The molecular formula is C28H44N2. The maximum atomic E-state index is 6.77. The zero-order chi connectivity index (χ0) is 21.9. The summed E-state index contributed by atoms with van der Waals surface area (Å²) in [6.45, 7) is 9.00. The van der Waals surface area contributed by atoms with Gasteiger partial charge < -0.3 is 11.5 Å². The van der Waals surface area contributed by atoms with Gasteiger partial charge >= 0.3 is 0 Å². The predicted molar refractivity (Wildman–Crippen MR) is 135 cm³/mol. The first kappa shape index (κ1) is 24.3. The number of hydrogen-bond donors (Lipinski definition) is 2. The van der Waals surface area contributed by atoms with Crippen LogP contribution < -0.4 is 11.5 Å². The number of nitrogen functional groups attached to an aromatic ring is 2. The second-order valence-electron chi connectivity index (χ2n) is 8.85. The van der Waals surface area contributed by atoms with Gasteiger partial charge in [0.15, 0.2) is 0 Å². The number of rotatable bonds is 13. The summed E-state index contributed by atoms with van der Waals surface area (Å²) in [5.41, 5.74) is 23.1. The Labute approximate surface area is 185 Å². The lowest BCUT2D eigenvalue weighted by Gasteiger charge is -2.19. The summed E-state index contributed by atoms with van der Waals surface area (Å²) in [5.74, 6) is 0. The SMILES string of the molecule is CCCCc1cc(CCCC)c(N)c(-c2cc(CCCC)cc(CCCC)c2N)c1. The smallest absolute Gasteiger partial charge is 0.0427 e. The van der Waals surface area contributed by atoms with E-state index in [-0.39, 0.29) is 0 Å². The number of benzene rings is 2. The van der Waals surface area contributed by atoms with Crippen molar-refractivity contribution < 1.29 is 0 Å². The van der Waals surface area contributed by atoms with E-state index in [1.165, 1.54) is 73.6 Å². The van der Waals surface area contributed by atoms with Gasteiger partial charge in [-0.25, -0.2) is 0 Å². The van der Waals surface area contributed by atoms with Crippen molar-refractivity contribution in [3.05, 3.63) is 46.5 Å². The second-order valence-corrected chi connectivity index (χ2v) is 8.85. The summed E-state index contributed by atoms with van der Waals surface area (Å²) in [4.78, 5) is 0. The highest BCUT2D eigenvalue weighted by Crippen LogP contribution is 2.38. The van der Waals surface area contributed by atoms with Crippen LogP contribution in [0.15, 0.2) is 24.3 Å². The largest absolute Gasteiger partial charge is 0.398 e. The van der Waals surface area contributed by atoms with Gasteiger partial charge in [-0.15, -0.1) is 0 Å². The van der Waals surface area contributed by atoms with Gasteiger partial charge in [0.1, 0.15) is 0 Å². The Morgan fingerprint density at radius 2 is 0.833 bits per heavy atom. The van der Waals surface area contributed by atoms with Gasteiger partial charge in [-0.05, 0) is 85.8 Å². The minimum atomic E-state index is 0.935. The fourth-order valence-corrected chi connectivity index (χ4v) is 4.20. The second kappa shape index (κ2) is 12.7. The molecule has 2 nitrogen and oxygen atoms in total. The third-order valence-corrected chi connectivity index (χ3v) is 6.18. The van der Waals surface area contributed by atoms with E-state index < -0.39 is 0 Å². The van der Waals surface area contributed by atoms with E-state index in [2.05, 4.69) is 52.0 Å². The summed E-state index contributed by atoms with van der Waals surface area (Å²) in [5, 5.41) is 0. The molecule has 4 N–H and O–H groups in total. The van der Waals surface area contributed by atoms with Gasteiger partial charge in [-0.3, -0.25) is 0 Å². The molecule has 166 valence electrons. The molecule has 0 aliphatic heterocycles. The first-order valence-electron chi connectivity index (χ1n) is 12.4. The number of hydrogen-bond acceptors (Lipinski definition) is 2. The molecule has 2 aromatic rings. The Kier molecular flexibility index (Phi) is 10.3. The van der Waals surface area contributed by atoms with Gasteiger partial charge in [0.05, 0.1) is 0 Å². The topological polar surface area (TPSA) is 52.0 Å². The van der Waals surface area contributed by atoms with Crippen LogP contribution in [0.4, 0.5) is 11.4 Å². The maximum Gasteiger partial charge on any atom is 0.0427 e. The summed E-state index contributed by atoms with van der Waals surface area (Å²) in [6, 6.07) is 9.33. The fraction of sp³-hybridized carbons (Fsp3) is 0.571. The molecule has 0 aliphatic carbocycles. The first-order chi connectivity index (χ1) is 14.5. The van der Waals surface area contributed by atoms with Gasteiger partial charge in [0.25, 0.3) is 0 Å². The molecule has 0 fully saturated rings. The third kappa shape index (κ3) is 6.52. The monoisotopic (exact) mass is 408 g/mol. The predicted octanol–water partition coefficient (Wildman–Crippen LogP) is 7.89. The molecule has 0 unspecified atom stereocenters. The van der Waals surface area contributed by atoms with Crippen LogP contribution in [0.1, 0.15) is 101 Å². The van der Waals surface area contributed by atoms with Crippen LogP contribution in [-0.4, -0.2) is 0 Å². The van der Waals surface area contributed by atoms with Crippen molar-refractivity contribution in [1.29, 1.82) is 0 Å². The number of nitrogens with two attached hydrogens (primary N) is 2. The van der Waals surface area contributed by atoms with Crippen molar-refractivity contribution >= 4 is 11.4 Å². The van der Waals surface area contributed by atoms with E-state index in [1.807, 2.05) is 0 Å². The molecule has 0 aliphatic rings. The summed E-state index contributed by atoms with van der Waals surface area (Å²) < 4.78 is 0. The van der Waals surface area contributed by atoms with E-state index in [4.69, 9.17) is 11.5 Å². The van der Waals surface area contributed by atoms with Crippen molar-refractivity contribution in [2.24, 2.45) is 0 Å². The molecule has 2 rings (SSSR count). The molecule has 2 heteroatoms. The third-order valence-electron chi connectivity index (χ3n) is 6.18. The van der Waals surface area contributed by atoms with Crippen molar-refractivity contribution in [1.82, 2.24) is 0 Å². The molecule has 0 radical (unpaired) electrons. The van der Waals surface area contributed by atoms with Crippen LogP contribution in [0.3, 0.4) is 0 Å². The average molecular weight is 409 g/mol. The molecule has 0 atom stereocenters. The lowest BCUT2D eigenvalue weighted by Crippen LogP contribution is -2.05. The quantitative estimate of drug-likeness (QED) is 0.331. The van der Waals surface area contributed by atoms with Crippen molar-refractivity contribution in [2.75, 3.05) is 11.5 Å². The van der Waals surface area contributed by atoms with E-state index >= 15 is 0 Å². The maximum absolute atomic E-state index is 6.77. The molecule has 0 saturated carbocycles. The molecule has 0 bridgehead atoms. The zero-order valence-corrected chi connectivity index (χ0v) is 19.9. The Morgan fingerprint density at radius 3 is 1.17 bits per heavy atom. The highest BCUT2D eigenvalue weighted by molar-refractivity contribution is 5.88. The van der Waals surface area contributed by atoms with Crippen LogP contribution in [0.5, 0.6) is 0 Å². The summed E-state index contributed by atoms with van der Waals surface area (Å²) in [7, 11) is 0. The minimum absolute atomic E-state index is 0.935. The van der Waals surface area contributed by atoms with Gasteiger partial charge in [-0.2, -0.15) is 0 Å². The zero-order valence-electron chi connectivity index (χ0n) is 19.9. The molecular weight excluding hydrogens is 364 g/mol. The van der Waals surface area contributed by atoms with Crippen LogP contribution in [0, 0.1) is 0 Å². The summed E-state index contributed by atoms with van der Waals surface area (Å²) >= 11 is 0. The Bertz CT molecular complexity index is 724. The van der Waals surface area contributed by atoms with E-state index in [0.717, 1.165) is 48.2 Å². The Hall–Kier alpha value is -1.96. The number of aryl methyl sites for hydroxylation is 4. The van der Waals surface area contributed by atoms with Crippen LogP contribution in [0.2, 0.25) is 0 Å². The Morgan fingerprint density at radius 1 is 0.500 bits per heavy atom. The molecule has 0 heterocycles. The van der Waals surface area contributed by atoms with E-state index in [0.29, 0.717) is 0 Å². The first-order valence-corrected chi connectivity index (χ1v) is 12.4. The highest BCUT2D eigenvalue weighted by Gasteiger charge is 2.16. The molecule has 2 aromatic carbocycles. The van der Waals surface area contributed by atoms with Gasteiger partial charge in [0, 0.05) is 22.5 Å². The van der Waals surface area contributed by atoms with Crippen LogP contribution in [-0.2, 0) is 25.7 Å². The number of anilines is 2. The number of unbranched alkanes of at least 4 members (excludes halogenated alkanes) is 4. The Balaban J connectivity index is 2.60. The molecule has 30 heavy (non-hydrogen) atoms. The van der Waals surface area contributed by atoms with Gasteiger partial charge in [0.2, 0.25) is 0 Å². The fourth-order valence-electron chi connectivity index (χ4n) is 4.20. The highest BCUT2D eigenvalue weighted by atomic mass is 14.6. The molecule has 0 amide bonds. The molecule has 0 spiro atoms. The molecule has 0 saturated heterocycles. The lowest BCUT2D eigenvalue weighted by atomic mass is 9.89. The van der Waals surface area contributed by atoms with Crippen LogP contribution >= 0.6 is 0 Å². The normalized spacial score (nSPS) is 11.2. The van der Waals surface area contributed by atoms with Crippen molar-refractivity contribution in [3.8, 4) is 11.1 Å².